The lowest BCUT2D eigenvalue weighted by Gasteiger charge is -2.31. The summed E-state index contributed by atoms with van der Waals surface area (Å²) in [7, 11) is -3.66. The third-order valence-corrected chi connectivity index (χ3v) is 6.34. The highest BCUT2D eigenvalue weighted by molar-refractivity contribution is 7.54. The molecule has 0 radical (unpaired) electrons. The van der Waals surface area contributed by atoms with Gasteiger partial charge < -0.3 is 14.4 Å². The van der Waals surface area contributed by atoms with Gasteiger partial charge in [-0.25, -0.2) is 0 Å². The van der Waals surface area contributed by atoms with Crippen LogP contribution in [-0.2, 0) is 13.6 Å². The van der Waals surface area contributed by atoms with Gasteiger partial charge in [0.1, 0.15) is 0 Å². The van der Waals surface area contributed by atoms with E-state index in [1.807, 2.05) is 0 Å². The normalized spacial score (nSPS) is 13.0. The molecular weight excluding hydrogens is 403 g/mol. The molecule has 2 aromatic carbocycles. The minimum atomic E-state index is -3.66. The molecule has 0 aromatic heterocycles. The second-order valence-electron chi connectivity index (χ2n) is 6.75. The third kappa shape index (κ3) is 6.04. The SMILES string of the molecule is CC(C)OP(=O)(OC(C)C)[C@H](Nc1ccc([N+](=O)[O-])cc1)c1ccc(Cl)cc1. The summed E-state index contributed by atoms with van der Waals surface area (Å²) in [5.74, 6) is -0.823. The highest BCUT2D eigenvalue weighted by Gasteiger charge is 2.39. The number of hydrogen-bond donors (Lipinski definition) is 1. The van der Waals surface area contributed by atoms with Crippen LogP contribution in [0.4, 0.5) is 11.4 Å². The lowest BCUT2D eigenvalue weighted by Crippen LogP contribution is -2.19. The van der Waals surface area contributed by atoms with Crippen LogP contribution in [0, 0.1) is 10.1 Å². The molecule has 7 nitrogen and oxygen atoms in total. The molecule has 0 aliphatic heterocycles. The Morgan fingerprint density at radius 2 is 1.46 bits per heavy atom. The van der Waals surface area contributed by atoms with E-state index >= 15 is 0 Å². The minimum absolute atomic E-state index is 0.0337. The van der Waals surface area contributed by atoms with Gasteiger partial charge in [-0.15, -0.1) is 0 Å². The maximum atomic E-state index is 13.8. The number of nitro benzene ring substituents is 1. The van der Waals surface area contributed by atoms with Gasteiger partial charge in [-0.2, -0.15) is 0 Å². The Hall–Kier alpha value is -1.92. The summed E-state index contributed by atoms with van der Waals surface area (Å²) < 4.78 is 25.3. The van der Waals surface area contributed by atoms with Crippen molar-refractivity contribution in [3.63, 3.8) is 0 Å². The molecule has 0 fully saturated rings. The molecule has 0 aliphatic carbocycles. The van der Waals surface area contributed by atoms with Gasteiger partial charge in [-0.05, 0) is 57.5 Å². The summed E-state index contributed by atoms with van der Waals surface area (Å²) in [6.45, 7) is 7.12. The number of hydrogen-bond acceptors (Lipinski definition) is 6. The molecule has 0 saturated heterocycles. The van der Waals surface area contributed by atoms with Crippen molar-refractivity contribution in [3.8, 4) is 0 Å². The topological polar surface area (TPSA) is 90.7 Å². The van der Waals surface area contributed by atoms with Crippen LogP contribution < -0.4 is 5.32 Å². The van der Waals surface area contributed by atoms with Crippen LogP contribution in [0.3, 0.4) is 0 Å². The Morgan fingerprint density at radius 1 is 0.964 bits per heavy atom. The van der Waals surface area contributed by atoms with E-state index in [1.165, 1.54) is 12.1 Å². The molecule has 0 bridgehead atoms. The van der Waals surface area contributed by atoms with E-state index in [0.717, 1.165) is 0 Å². The number of rotatable bonds is 9. The molecule has 1 atom stereocenters. The van der Waals surface area contributed by atoms with Gasteiger partial charge in [0.15, 0.2) is 5.78 Å². The van der Waals surface area contributed by atoms with Gasteiger partial charge in [0.25, 0.3) is 5.69 Å². The fraction of sp³-hybridized carbons (Fsp3) is 0.368. The summed E-state index contributed by atoms with van der Waals surface area (Å²) in [6.07, 6.45) is -0.670. The van der Waals surface area contributed by atoms with Crippen molar-refractivity contribution in [1.29, 1.82) is 0 Å². The first-order valence-corrected chi connectivity index (χ1v) is 10.8. The van der Waals surface area contributed by atoms with Crippen molar-refractivity contribution in [2.75, 3.05) is 5.32 Å². The summed E-state index contributed by atoms with van der Waals surface area (Å²) in [5, 5.41) is 14.6. The average molecular weight is 427 g/mol. The maximum absolute atomic E-state index is 13.8. The van der Waals surface area contributed by atoms with Crippen molar-refractivity contribution >= 4 is 30.6 Å². The van der Waals surface area contributed by atoms with Crippen molar-refractivity contribution < 1.29 is 18.5 Å². The molecule has 2 rings (SSSR count). The summed E-state index contributed by atoms with van der Waals surface area (Å²) >= 11 is 5.99. The number of non-ortho nitro benzene ring substituents is 1. The summed E-state index contributed by atoms with van der Waals surface area (Å²) in [6, 6.07) is 12.7. The van der Waals surface area contributed by atoms with Crippen LogP contribution in [0.2, 0.25) is 5.02 Å². The van der Waals surface area contributed by atoms with E-state index in [9.17, 15) is 14.7 Å². The molecule has 0 amide bonds. The van der Waals surface area contributed by atoms with Crippen molar-refractivity contribution in [2.45, 2.75) is 45.7 Å². The van der Waals surface area contributed by atoms with Crippen LogP contribution in [0.5, 0.6) is 0 Å². The van der Waals surface area contributed by atoms with Gasteiger partial charge in [0.2, 0.25) is 0 Å². The van der Waals surface area contributed by atoms with Crippen molar-refractivity contribution in [2.24, 2.45) is 0 Å². The second-order valence-corrected chi connectivity index (χ2v) is 9.20. The fourth-order valence-corrected chi connectivity index (χ4v) is 5.00. The third-order valence-electron chi connectivity index (χ3n) is 3.60. The first kappa shape index (κ1) is 22.4. The molecule has 28 heavy (non-hydrogen) atoms. The van der Waals surface area contributed by atoms with Crippen molar-refractivity contribution in [3.05, 3.63) is 69.2 Å². The molecule has 0 unspecified atom stereocenters. The van der Waals surface area contributed by atoms with E-state index in [4.69, 9.17) is 20.6 Å². The van der Waals surface area contributed by atoms with Crippen LogP contribution in [0.1, 0.15) is 39.0 Å². The maximum Gasteiger partial charge on any atom is 0.357 e. The minimum Gasteiger partial charge on any atom is -0.368 e. The highest BCUT2D eigenvalue weighted by atomic mass is 35.5. The first-order chi connectivity index (χ1) is 13.1. The monoisotopic (exact) mass is 426 g/mol. The second kappa shape index (κ2) is 9.52. The number of benzene rings is 2. The fourth-order valence-electron chi connectivity index (χ4n) is 2.56. The van der Waals surface area contributed by atoms with E-state index in [1.54, 1.807) is 64.1 Å². The number of nitrogens with zero attached hydrogens (tertiary/aromatic N) is 1. The van der Waals surface area contributed by atoms with Crippen LogP contribution >= 0.6 is 19.2 Å². The van der Waals surface area contributed by atoms with Gasteiger partial charge in [0, 0.05) is 22.8 Å². The van der Waals surface area contributed by atoms with E-state index in [0.29, 0.717) is 16.3 Å². The summed E-state index contributed by atoms with van der Waals surface area (Å²) in [4.78, 5) is 10.4. The zero-order valence-corrected chi connectivity index (χ0v) is 17.8. The smallest absolute Gasteiger partial charge is 0.357 e. The molecule has 0 saturated carbocycles. The first-order valence-electron chi connectivity index (χ1n) is 8.83. The Bertz CT molecular complexity index is 826. The highest BCUT2D eigenvalue weighted by Crippen LogP contribution is 2.62. The molecule has 0 spiro atoms. The Balaban J connectivity index is 2.46. The summed E-state index contributed by atoms with van der Waals surface area (Å²) in [5.41, 5.74) is 1.17. The molecule has 9 heteroatoms. The van der Waals surface area contributed by atoms with Gasteiger partial charge in [-0.3, -0.25) is 14.7 Å². The molecule has 2 aromatic rings. The molecule has 0 heterocycles. The van der Waals surface area contributed by atoms with Crippen LogP contribution in [0.15, 0.2) is 48.5 Å². The number of nitrogens with one attached hydrogen (secondary N) is 1. The standard InChI is InChI=1S/C19H24ClN2O5P/c1-13(2)26-28(25,27-14(3)4)19(15-5-7-16(20)8-6-15)21-17-9-11-18(12-10-17)22(23)24/h5-14,19,21H,1-4H3/t19-/m0/s1. The van der Waals surface area contributed by atoms with Gasteiger partial charge in [-0.1, -0.05) is 23.7 Å². The Labute approximate surface area is 169 Å². The zero-order valence-electron chi connectivity index (χ0n) is 16.2. The molecular formula is C19H24ClN2O5P. The Kier molecular flexibility index (Phi) is 7.61. The van der Waals surface area contributed by atoms with Gasteiger partial charge >= 0.3 is 7.60 Å². The van der Waals surface area contributed by atoms with E-state index in [-0.39, 0.29) is 17.9 Å². The lowest BCUT2D eigenvalue weighted by molar-refractivity contribution is -0.384. The van der Waals surface area contributed by atoms with Crippen LogP contribution in [-0.4, -0.2) is 17.1 Å². The molecule has 1 N–H and O–H groups in total. The number of nitro groups is 1. The van der Waals surface area contributed by atoms with Crippen molar-refractivity contribution in [1.82, 2.24) is 0 Å². The number of anilines is 1. The largest absolute Gasteiger partial charge is 0.368 e. The van der Waals surface area contributed by atoms with E-state index in [2.05, 4.69) is 5.32 Å². The predicted octanol–water partition coefficient (Wildman–Crippen LogP) is 6.40. The van der Waals surface area contributed by atoms with Crippen LogP contribution in [0.25, 0.3) is 0 Å². The molecule has 0 aliphatic rings. The predicted molar refractivity (Wildman–Crippen MR) is 111 cm³/mol. The Morgan fingerprint density at radius 3 is 1.89 bits per heavy atom. The quantitative estimate of drug-likeness (QED) is 0.283. The lowest BCUT2D eigenvalue weighted by atomic mass is 10.2. The average Bonchev–Trinajstić information content (AvgIpc) is 2.59. The van der Waals surface area contributed by atoms with Gasteiger partial charge in [0.05, 0.1) is 17.1 Å². The number of halogens is 1. The molecule has 152 valence electrons. The van der Waals surface area contributed by atoms with E-state index < -0.39 is 18.3 Å². The zero-order chi connectivity index (χ0) is 20.9.